The van der Waals surface area contributed by atoms with Gasteiger partial charge >= 0.3 is 0 Å². The molecular weight excluding hydrogens is 360 g/mol. The average Bonchev–Trinajstić information content (AvgIpc) is 3.07. The van der Waals surface area contributed by atoms with E-state index in [1.54, 1.807) is 0 Å². The van der Waals surface area contributed by atoms with Crippen LogP contribution in [-0.2, 0) is 4.79 Å². The summed E-state index contributed by atoms with van der Waals surface area (Å²) in [6, 6.07) is 7.75. The Hall–Kier alpha value is -2.28. The number of carbonyl (C=O) groups excluding carboxylic acids is 1. The Bertz CT molecular complexity index is 888. The molecule has 4 rings (SSSR count). The lowest BCUT2D eigenvalue weighted by atomic mass is 9.81. The second-order valence-corrected chi connectivity index (χ2v) is 7.91. The van der Waals surface area contributed by atoms with Crippen LogP contribution in [0.15, 0.2) is 40.7 Å². The standard InChI is InChI=1S/C20H24N4O2S/c1-4-9-26-14-7-5-13(6-8-14)18-17-15(10-12(2)11-16(17)25)21-19-22-20(27-3)23-24(18)19/h5-8,12,18H,4,9-11H2,1-3H3,(H,21,22,23). The van der Waals surface area contributed by atoms with E-state index in [9.17, 15) is 4.79 Å². The number of fused-ring (bicyclic) bond motifs is 1. The molecule has 0 fully saturated rings. The zero-order valence-corrected chi connectivity index (χ0v) is 16.7. The van der Waals surface area contributed by atoms with Crippen LogP contribution >= 0.6 is 11.8 Å². The van der Waals surface area contributed by atoms with Crippen molar-refractivity contribution in [3.63, 3.8) is 0 Å². The first kappa shape index (κ1) is 18.1. The van der Waals surface area contributed by atoms with Crippen molar-refractivity contribution < 1.29 is 9.53 Å². The molecule has 0 bridgehead atoms. The third-order valence-corrected chi connectivity index (χ3v) is 5.49. The number of thioether (sulfide) groups is 1. The normalized spacial score (nSPS) is 21.5. The molecule has 1 aliphatic heterocycles. The number of allylic oxidation sites excluding steroid dienone is 2. The summed E-state index contributed by atoms with van der Waals surface area (Å²) in [5, 5.41) is 8.70. The van der Waals surface area contributed by atoms with Crippen LogP contribution in [0.4, 0.5) is 5.95 Å². The van der Waals surface area contributed by atoms with Gasteiger partial charge < -0.3 is 10.1 Å². The van der Waals surface area contributed by atoms with Crippen molar-refractivity contribution in [3.8, 4) is 5.75 Å². The molecule has 0 radical (unpaired) electrons. The first-order valence-electron chi connectivity index (χ1n) is 9.37. The minimum atomic E-state index is -0.245. The third kappa shape index (κ3) is 3.36. The fourth-order valence-electron chi connectivity index (χ4n) is 3.75. The minimum Gasteiger partial charge on any atom is -0.494 e. The number of nitrogens with zero attached hydrogens (tertiary/aromatic N) is 3. The van der Waals surface area contributed by atoms with Gasteiger partial charge in [-0.05, 0) is 42.7 Å². The van der Waals surface area contributed by atoms with Gasteiger partial charge in [-0.3, -0.25) is 4.79 Å². The van der Waals surface area contributed by atoms with Gasteiger partial charge in [0.05, 0.1) is 6.61 Å². The predicted molar refractivity (Wildman–Crippen MR) is 106 cm³/mol. The van der Waals surface area contributed by atoms with Gasteiger partial charge in [-0.15, -0.1) is 5.10 Å². The van der Waals surface area contributed by atoms with Crippen LogP contribution in [-0.4, -0.2) is 33.4 Å². The quantitative estimate of drug-likeness (QED) is 0.784. The van der Waals surface area contributed by atoms with E-state index in [2.05, 4.69) is 29.2 Å². The Balaban J connectivity index is 1.77. The summed E-state index contributed by atoms with van der Waals surface area (Å²) in [6.45, 7) is 4.90. The van der Waals surface area contributed by atoms with E-state index in [0.29, 0.717) is 30.1 Å². The molecule has 7 heteroatoms. The zero-order valence-electron chi connectivity index (χ0n) is 15.9. The van der Waals surface area contributed by atoms with Crippen molar-refractivity contribution >= 4 is 23.5 Å². The molecule has 2 heterocycles. The number of Topliss-reactive ketones (excluding diaryl/α,β-unsaturated/α-hetero) is 1. The summed E-state index contributed by atoms with van der Waals surface area (Å²) in [5.74, 6) is 2.08. The Morgan fingerprint density at radius 1 is 1.30 bits per heavy atom. The van der Waals surface area contributed by atoms with Crippen LogP contribution in [0.5, 0.6) is 5.75 Å². The summed E-state index contributed by atoms with van der Waals surface area (Å²) in [4.78, 5) is 17.5. The fourth-order valence-corrected chi connectivity index (χ4v) is 4.10. The van der Waals surface area contributed by atoms with Gasteiger partial charge in [0.25, 0.3) is 0 Å². The van der Waals surface area contributed by atoms with E-state index in [-0.39, 0.29) is 11.8 Å². The predicted octanol–water partition coefficient (Wildman–Crippen LogP) is 4.06. The third-order valence-electron chi connectivity index (χ3n) is 4.96. The van der Waals surface area contributed by atoms with Crippen molar-refractivity contribution in [1.82, 2.24) is 14.8 Å². The number of nitrogens with one attached hydrogen (secondary N) is 1. The van der Waals surface area contributed by atoms with Gasteiger partial charge in [-0.1, -0.05) is 37.7 Å². The molecule has 0 spiro atoms. The topological polar surface area (TPSA) is 69.0 Å². The van der Waals surface area contributed by atoms with Gasteiger partial charge in [0.15, 0.2) is 5.78 Å². The van der Waals surface area contributed by atoms with Crippen LogP contribution in [0.1, 0.15) is 44.7 Å². The molecule has 0 saturated carbocycles. The van der Waals surface area contributed by atoms with E-state index in [1.807, 2.05) is 35.2 Å². The van der Waals surface area contributed by atoms with E-state index in [0.717, 1.165) is 35.4 Å². The summed E-state index contributed by atoms with van der Waals surface area (Å²) in [5.41, 5.74) is 2.83. The number of benzene rings is 1. The Morgan fingerprint density at radius 2 is 2.07 bits per heavy atom. The number of anilines is 1. The van der Waals surface area contributed by atoms with Crippen LogP contribution in [0, 0.1) is 5.92 Å². The molecule has 2 aromatic rings. The number of aromatic nitrogens is 3. The highest BCUT2D eigenvalue weighted by molar-refractivity contribution is 7.98. The summed E-state index contributed by atoms with van der Waals surface area (Å²) in [6.07, 6.45) is 4.36. The molecule has 2 atom stereocenters. The monoisotopic (exact) mass is 384 g/mol. The lowest BCUT2D eigenvalue weighted by Gasteiger charge is -2.34. The summed E-state index contributed by atoms with van der Waals surface area (Å²) >= 11 is 1.50. The van der Waals surface area contributed by atoms with Gasteiger partial charge in [0.2, 0.25) is 11.1 Å². The molecule has 0 saturated heterocycles. The molecule has 0 amide bonds. The Labute approximate surface area is 163 Å². The Morgan fingerprint density at radius 3 is 2.78 bits per heavy atom. The molecule has 2 unspecified atom stereocenters. The average molecular weight is 385 g/mol. The number of hydrogen-bond donors (Lipinski definition) is 1. The highest BCUT2D eigenvalue weighted by Crippen LogP contribution is 2.41. The molecule has 1 aromatic carbocycles. The SMILES string of the molecule is CCCOc1ccc(C2C3=C(CC(C)CC3=O)Nc3nc(SC)nn32)cc1. The van der Waals surface area contributed by atoms with Gasteiger partial charge in [0.1, 0.15) is 11.8 Å². The smallest absolute Gasteiger partial charge is 0.227 e. The van der Waals surface area contributed by atoms with Crippen LogP contribution in [0.25, 0.3) is 0 Å². The van der Waals surface area contributed by atoms with Crippen molar-refractivity contribution in [2.24, 2.45) is 5.92 Å². The van der Waals surface area contributed by atoms with Crippen LogP contribution in [0.2, 0.25) is 0 Å². The highest BCUT2D eigenvalue weighted by Gasteiger charge is 2.38. The largest absolute Gasteiger partial charge is 0.494 e. The van der Waals surface area contributed by atoms with Gasteiger partial charge in [-0.25, -0.2) is 4.68 Å². The fraction of sp³-hybridized carbons (Fsp3) is 0.450. The maximum Gasteiger partial charge on any atom is 0.227 e. The minimum absolute atomic E-state index is 0.194. The highest BCUT2D eigenvalue weighted by atomic mass is 32.2. The number of ether oxygens (including phenoxy) is 1. The van der Waals surface area contributed by atoms with Gasteiger partial charge in [0, 0.05) is 17.7 Å². The number of carbonyl (C=O) groups is 1. The molecule has 6 nitrogen and oxygen atoms in total. The van der Waals surface area contributed by atoms with Crippen LogP contribution < -0.4 is 10.1 Å². The Kier molecular flexibility index (Phi) is 4.95. The number of rotatable bonds is 5. The number of hydrogen-bond acceptors (Lipinski definition) is 6. The molecule has 27 heavy (non-hydrogen) atoms. The van der Waals surface area contributed by atoms with E-state index < -0.39 is 0 Å². The molecule has 1 aromatic heterocycles. The second-order valence-electron chi connectivity index (χ2n) is 7.14. The lowest BCUT2D eigenvalue weighted by molar-refractivity contribution is -0.117. The molecule has 142 valence electrons. The van der Waals surface area contributed by atoms with Crippen molar-refractivity contribution in [1.29, 1.82) is 0 Å². The van der Waals surface area contributed by atoms with E-state index >= 15 is 0 Å². The molecule has 2 aliphatic rings. The molecule has 1 N–H and O–H groups in total. The molecule has 1 aliphatic carbocycles. The maximum atomic E-state index is 12.9. The molecular formula is C20H24N4O2S. The van der Waals surface area contributed by atoms with Crippen molar-refractivity contribution in [3.05, 3.63) is 41.1 Å². The summed E-state index contributed by atoms with van der Waals surface area (Å²) < 4.78 is 7.55. The van der Waals surface area contributed by atoms with Crippen molar-refractivity contribution in [2.75, 3.05) is 18.2 Å². The summed E-state index contributed by atoms with van der Waals surface area (Å²) in [7, 11) is 0. The number of ketones is 1. The van der Waals surface area contributed by atoms with Gasteiger partial charge in [-0.2, -0.15) is 4.98 Å². The van der Waals surface area contributed by atoms with E-state index in [4.69, 9.17) is 4.74 Å². The second kappa shape index (κ2) is 7.38. The lowest BCUT2D eigenvalue weighted by Crippen LogP contribution is -2.33. The van der Waals surface area contributed by atoms with Crippen LogP contribution in [0.3, 0.4) is 0 Å². The zero-order chi connectivity index (χ0) is 19.0. The maximum absolute atomic E-state index is 12.9. The first-order chi connectivity index (χ1) is 13.1. The first-order valence-corrected chi connectivity index (χ1v) is 10.6. The van der Waals surface area contributed by atoms with Crippen molar-refractivity contribution in [2.45, 2.75) is 44.3 Å². The van der Waals surface area contributed by atoms with E-state index in [1.165, 1.54) is 11.8 Å².